The molecule has 2 rings (SSSR count). The van der Waals surface area contributed by atoms with Gasteiger partial charge in [0.1, 0.15) is 0 Å². The zero-order chi connectivity index (χ0) is 12.1. The summed E-state index contributed by atoms with van der Waals surface area (Å²) in [6.07, 6.45) is 1.58. The molecule has 3 nitrogen and oxygen atoms in total. The Labute approximate surface area is 99.2 Å². The number of hydrogen-bond donors (Lipinski definition) is 0. The smallest absolute Gasteiger partial charge is 0.258 e. The molecule has 84 valence electrons. The van der Waals surface area contributed by atoms with Crippen molar-refractivity contribution in [3.05, 3.63) is 81.9 Å². The van der Waals surface area contributed by atoms with Crippen LogP contribution in [-0.2, 0) is 0 Å². The molecule has 0 atom stereocenters. The van der Waals surface area contributed by atoms with E-state index in [0.29, 0.717) is 5.56 Å². The standard InChI is InChI=1S/C14H11NO2/c16-15(17)14(13-9-5-2-6-10-13)11-12-7-3-1-4-8-12/h1-11H/b14-11+. The van der Waals surface area contributed by atoms with Gasteiger partial charge in [0.05, 0.1) is 10.5 Å². The minimum atomic E-state index is -0.359. The molecule has 2 aromatic rings. The lowest BCUT2D eigenvalue weighted by molar-refractivity contribution is -0.374. The van der Waals surface area contributed by atoms with Crippen LogP contribution in [0.15, 0.2) is 60.7 Å². The predicted octanol–water partition coefficient (Wildman–Crippen LogP) is 3.46. The van der Waals surface area contributed by atoms with Gasteiger partial charge in [-0.3, -0.25) is 10.1 Å². The van der Waals surface area contributed by atoms with E-state index in [4.69, 9.17) is 0 Å². The maximum Gasteiger partial charge on any atom is 0.277 e. The normalized spacial score (nSPS) is 11.2. The third kappa shape index (κ3) is 2.78. The van der Waals surface area contributed by atoms with Gasteiger partial charge in [-0.05, 0) is 17.7 Å². The third-order valence-corrected chi connectivity index (χ3v) is 2.37. The van der Waals surface area contributed by atoms with Gasteiger partial charge >= 0.3 is 0 Å². The van der Waals surface area contributed by atoms with Crippen molar-refractivity contribution >= 4 is 11.8 Å². The minimum absolute atomic E-state index is 0.108. The molecule has 0 aromatic heterocycles. The number of benzene rings is 2. The molecule has 0 heterocycles. The van der Waals surface area contributed by atoms with Crippen molar-refractivity contribution in [3.63, 3.8) is 0 Å². The van der Waals surface area contributed by atoms with Crippen LogP contribution in [-0.4, -0.2) is 4.92 Å². The molecule has 0 aliphatic carbocycles. The molecule has 0 spiro atoms. The van der Waals surface area contributed by atoms with Crippen LogP contribution < -0.4 is 0 Å². The van der Waals surface area contributed by atoms with E-state index in [9.17, 15) is 10.1 Å². The molecule has 0 bridgehead atoms. The first kappa shape index (κ1) is 11.1. The van der Waals surface area contributed by atoms with E-state index in [0.717, 1.165) is 5.56 Å². The topological polar surface area (TPSA) is 43.1 Å². The van der Waals surface area contributed by atoms with Crippen molar-refractivity contribution in [1.82, 2.24) is 0 Å². The Hall–Kier alpha value is -2.42. The van der Waals surface area contributed by atoms with Gasteiger partial charge in [0.15, 0.2) is 0 Å². The Balaban J connectivity index is 2.44. The van der Waals surface area contributed by atoms with Gasteiger partial charge in [-0.15, -0.1) is 0 Å². The van der Waals surface area contributed by atoms with Crippen molar-refractivity contribution in [2.75, 3.05) is 0 Å². The summed E-state index contributed by atoms with van der Waals surface area (Å²) in [5.41, 5.74) is 1.54. The fourth-order valence-corrected chi connectivity index (χ4v) is 1.56. The summed E-state index contributed by atoms with van der Waals surface area (Å²) in [5, 5.41) is 11.0. The number of nitro groups is 1. The molecule has 0 saturated carbocycles. The Bertz CT molecular complexity index is 533. The number of rotatable bonds is 3. The predicted molar refractivity (Wildman–Crippen MR) is 67.7 cm³/mol. The first-order valence-corrected chi connectivity index (χ1v) is 5.24. The van der Waals surface area contributed by atoms with Crippen LogP contribution in [0.4, 0.5) is 0 Å². The summed E-state index contributed by atoms with van der Waals surface area (Å²) in [4.78, 5) is 10.7. The second-order valence-corrected chi connectivity index (χ2v) is 3.56. The average Bonchev–Trinajstić information content (AvgIpc) is 2.38. The van der Waals surface area contributed by atoms with E-state index in [-0.39, 0.29) is 10.6 Å². The summed E-state index contributed by atoms with van der Waals surface area (Å²) < 4.78 is 0. The molecule has 0 amide bonds. The monoisotopic (exact) mass is 225 g/mol. The molecule has 3 heteroatoms. The van der Waals surface area contributed by atoms with E-state index in [1.54, 1.807) is 30.3 Å². The summed E-state index contributed by atoms with van der Waals surface area (Å²) >= 11 is 0. The van der Waals surface area contributed by atoms with E-state index in [1.807, 2.05) is 36.4 Å². The lowest BCUT2D eigenvalue weighted by atomic mass is 10.1. The van der Waals surface area contributed by atoms with Crippen LogP contribution in [0.5, 0.6) is 0 Å². The lowest BCUT2D eigenvalue weighted by Gasteiger charge is -1.98. The fourth-order valence-electron chi connectivity index (χ4n) is 1.56. The Morgan fingerprint density at radius 2 is 1.47 bits per heavy atom. The van der Waals surface area contributed by atoms with E-state index in [2.05, 4.69) is 0 Å². The highest BCUT2D eigenvalue weighted by Gasteiger charge is 2.12. The molecule has 0 aliphatic heterocycles. The maximum atomic E-state index is 11.0. The largest absolute Gasteiger partial charge is 0.277 e. The van der Waals surface area contributed by atoms with Crippen molar-refractivity contribution in [2.24, 2.45) is 0 Å². The highest BCUT2D eigenvalue weighted by Crippen LogP contribution is 2.18. The highest BCUT2D eigenvalue weighted by atomic mass is 16.6. The summed E-state index contributed by atoms with van der Waals surface area (Å²) in [7, 11) is 0. The van der Waals surface area contributed by atoms with Crippen LogP contribution in [0.3, 0.4) is 0 Å². The summed E-state index contributed by atoms with van der Waals surface area (Å²) in [6.45, 7) is 0. The SMILES string of the molecule is O=[N+]([O-])/C(=C/c1ccccc1)c1ccccc1. The van der Waals surface area contributed by atoms with E-state index < -0.39 is 0 Å². The third-order valence-electron chi connectivity index (χ3n) is 2.37. The maximum absolute atomic E-state index is 11.0. The van der Waals surface area contributed by atoms with Crippen LogP contribution >= 0.6 is 0 Å². The Morgan fingerprint density at radius 3 is 2.00 bits per heavy atom. The average molecular weight is 225 g/mol. The van der Waals surface area contributed by atoms with Crippen molar-refractivity contribution in [1.29, 1.82) is 0 Å². The van der Waals surface area contributed by atoms with E-state index >= 15 is 0 Å². The fraction of sp³-hybridized carbons (Fsp3) is 0. The van der Waals surface area contributed by atoms with Crippen LogP contribution in [0.25, 0.3) is 11.8 Å². The zero-order valence-electron chi connectivity index (χ0n) is 9.11. The molecule has 0 radical (unpaired) electrons. The van der Waals surface area contributed by atoms with Crippen molar-refractivity contribution in [3.8, 4) is 0 Å². The van der Waals surface area contributed by atoms with Crippen molar-refractivity contribution in [2.45, 2.75) is 0 Å². The molecule has 17 heavy (non-hydrogen) atoms. The molecule has 0 N–H and O–H groups in total. The Morgan fingerprint density at radius 1 is 0.941 bits per heavy atom. The highest BCUT2D eigenvalue weighted by molar-refractivity contribution is 5.76. The van der Waals surface area contributed by atoms with Gasteiger partial charge in [0.25, 0.3) is 5.70 Å². The first-order valence-electron chi connectivity index (χ1n) is 5.24. The summed E-state index contributed by atoms with van der Waals surface area (Å²) in [5.74, 6) is 0. The molecule has 0 saturated heterocycles. The van der Waals surface area contributed by atoms with Crippen LogP contribution in [0.1, 0.15) is 11.1 Å². The summed E-state index contributed by atoms with van der Waals surface area (Å²) in [6, 6.07) is 18.2. The van der Waals surface area contributed by atoms with Gasteiger partial charge in [-0.2, -0.15) is 0 Å². The molecule has 0 unspecified atom stereocenters. The zero-order valence-corrected chi connectivity index (χ0v) is 9.11. The first-order chi connectivity index (χ1) is 8.27. The van der Waals surface area contributed by atoms with Gasteiger partial charge in [-0.1, -0.05) is 48.5 Å². The Kier molecular flexibility index (Phi) is 3.31. The number of nitrogens with zero attached hydrogens (tertiary/aromatic N) is 1. The quantitative estimate of drug-likeness (QED) is 0.456. The van der Waals surface area contributed by atoms with Crippen molar-refractivity contribution < 1.29 is 4.92 Å². The molecular weight excluding hydrogens is 214 g/mol. The second-order valence-electron chi connectivity index (χ2n) is 3.56. The lowest BCUT2D eigenvalue weighted by Crippen LogP contribution is -1.97. The number of hydrogen-bond acceptors (Lipinski definition) is 2. The van der Waals surface area contributed by atoms with Gasteiger partial charge in [0.2, 0.25) is 0 Å². The second kappa shape index (κ2) is 5.07. The van der Waals surface area contributed by atoms with Gasteiger partial charge in [0, 0.05) is 6.08 Å². The molecule has 0 fully saturated rings. The van der Waals surface area contributed by atoms with Gasteiger partial charge < -0.3 is 0 Å². The molecule has 0 aliphatic rings. The van der Waals surface area contributed by atoms with Crippen LogP contribution in [0, 0.1) is 10.1 Å². The van der Waals surface area contributed by atoms with E-state index in [1.165, 1.54) is 0 Å². The van der Waals surface area contributed by atoms with Gasteiger partial charge in [-0.25, -0.2) is 0 Å². The molecular formula is C14H11NO2. The van der Waals surface area contributed by atoms with Crippen LogP contribution in [0.2, 0.25) is 0 Å². The minimum Gasteiger partial charge on any atom is -0.258 e. The molecule has 2 aromatic carbocycles.